The van der Waals surface area contributed by atoms with Crippen LogP contribution in [0.25, 0.3) is 21.9 Å². The highest BCUT2D eigenvalue weighted by molar-refractivity contribution is 5.94. The average molecular weight is 280 g/mol. The van der Waals surface area contributed by atoms with E-state index in [1.165, 1.54) is 6.07 Å². The summed E-state index contributed by atoms with van der Waals surface area (Å²) in [4.78, 5) is 0. The Balaban J connectivity index is 2.33. The van der Waals surface area contributed by atoms with Gasteiger partial charge in [0, 0.05) is 0 Å². The average Bonchev–Trinajstić information content (AvgIpc) is 2.44. The molecule has 21 heavy (non-hydrogen) atoms. The van der Waals surface area contributed by atoms with E-state index in [-0.39, 0.29) is 17.2 Å². The van der Waals surface area contributed by atoms with Crippen molar-refractivity contribution in [3.63, 3.8) is 0 Å². The first-order chi connectivity index (χ1) is 9.97. The molecule has 0 aliphatic rings. The monoisotopic (exact) mass is 280 g/mol. The highest BCUT2D eigenvalue weighted by Gasteiger charge is 2.12. The third-order valence-corrected chi connectivity index (χ3v) is 3.85. The van der Waals surface area contributed by atoms with E-state index in [1.54, 1.807) is 24.3 Å². The second-order valence-electron chi connectivity index (χ2n) is 5.30. The largest absolute Gasteiger partial charge is 0.508 e. The van der Waals surface area contributed by atoms with Gasteiger partial charge in [-0.1, -0.05) is 18.2 Å². The molecule has 0 unspecified atom stereocenters. The third-order valence-electron chi connectivity index (χ3n) is 3.85. The van der Waals surface area contributed by atoms with Gasteiger partial charge in [-0.2, -0.15) is 0 Å². The maximum atomic E-state index is 9.71. The summed E-state index contributed by atoms with van der Waals surface area (Å²) in [7, 11) is 0. The molecular weight excluding hydrogens is 264 g/mol. The van der Waals surface area contributed by atoms with Crippen molar-refractivity contribution in [1.29, 1.82) is 0 Å². The Morgan fingerprint density at radius 1 is 0.762 bits per heavy atom. The minimum atomic E-state index is -0.137. The Bertz CT molecular complexity index is 851. The number of hydrogen-bond acceptors (Lipinski definition) is 3. The van der Waals surface area contributed by atoms with Crippen molar-refractivity contribution in [1.82, 2.24) is 0 Å². The van der Waals surface area contributed by atoms with Gasteiger partial charge in [0.2, 0.25) is 0 Å². The predicted molar refractivity (Wildman–Crippen MR) is 83.9 cm³/mol. The molecule has 0 aliphatic carbocycles. The Hall–Kier alpha value is -2.68. The van der Waals surface area contributed by atoms with E-state index in [9.17, 15) is 15.3 Å². The summed E-state index contributed by atoms with van der Waals surface area (Å²) < 4.78 is 0. The highest BCUT2D eigenvalue weighted by atomic mass is 16.3. The summed E-state index contributed by atoms with van der Waals surface area (Å²) >= 11 is 0. The first kappa shape index (κ1) is 13.3. The number of aromatic hydroxyl groups is 3. The molecule has 0 aromatic heterocycles. The lowest BCUT2D eigenvalue weighted by Gasteiger charge is -2.14. The fraction of sp³-hybridized carbons (Fsp3) is 0.111. The number of fused-ring (bicyclic) bond motifs is 1. The molecule has 0 spiro atoms. The summed E-state index contributed by atoms with van der Waals surface area (Å²) in [6, 6.07) is 12.2. The molecule has 3 nitrogen and oxygen atoms in total. The minimum absolute atomic E-state index is 0.132. The van der Waals surface area contributed by atoms with Gasteiger partial charge in [-0.15, -0.1) is 0 Å². The van der Waals surface area contributed by atoms with Crippen molar-refractivity contribution in [2.24, 2.45) is 0 Å². The van der Waals surface area contributed by atoms with Gasteiger partial charge in [-0.3, -0.25) is 0 Å². The van der Waals surface area contributed by atoms with Crippen molar-refractivity contribution >= 4 is 10.8 Å². The van der Waals surface area contributed by atoms with Crippen LogP contribution in [0.5, 0.6) is 17.2 Å². The van der Waals surface area contributed by atoms with Crippen LogP contribution in [0.4, 0.5) is 0 Å². The van der Waals surface area contributed by atoms with E-state index in [1.807, 2.05) is 19.9 Å². The Labute approximate surface area is 122 Å². The summed E-state index contributed by atoms with van der Waals surface area (Å²) in [5.74, 6) is -0.0382. The van der Waals surface area contributed by atoms with Crippen LogP contribution in [0.3, 0.4) is 0 Å². The van der Waals surface area contributed by atoms with Crippen molar-refractivity contribution in [3.8, 4) is 28.4 Å². The number of hydrogen-bond donors (Lipinski definition) is 3. The SMILES string of the molecule is Cc1cc2ccc(O)cc2c(C)c1-c1ccc(O)c(O)c1. The second-order valence-corrected chi connectivity index (χ2v) is 5.30. The van der Waals surface area contributed by atoms with E-state index >= 15 is 0 Å². The van der Waals surface area contributed by atoms with E-state index in [4.69, 9.17) is 0 Å². The highest BCUT2D eigenvalue weighted by Crippen LogP contribution is 2.37. The normalized spacial score (nSPS) is 11.0. The van der Waals surface area contributed by atoms with Crippen LogP contribution in [0.1, 0.15) is 11.1 Å². The van der Waals surface area contributed by atoms with Crippen LogP contribution in [-0.4, -0.2) is 15.3 Å². The zero-order chi connectivity index (χ0) is 15.1. The van der Waals surface area contributed by atoms with E-state index in [0.717, 1.165) is 33.0 Å². The molecule has 106 valence electrons. The smallest absolute Gasteiger partial charge is 0.158 e. The number of aryl methyl sites for hydroxylation is 2. The number of phenolic OH excluding ortho intramolecular Hbond substituents is 3. The van der Waals surface area contributed by atoms with E-state index in [2.05, 4.69) is 6.07 Å². The molecule has 0 fully saturated rings. The predicted octanol–water partition coefficient (Wildman–Crippen LogP) is 4.24. The first-order valence-electron chi connectivity index (χ1n) is 6.72. The lowest BCUT2D eigenvalue weighted by molar-refractivity contribution is 0.404. The van der Waals surface area contributed by atoms with E-state index in [0.29, 0.717) is 0 Å². The van der Waals surface area contributed by atoms with Gasteiger partial charge >= 0.3 is 0 Å². The van der Waals surface area contributed by atoms with Crippen molar-refractivity contribution in [2.45, 2.75) is 13.8 Å². The van der Waals surface area contributed by atoms with Gasteiger partial charge in [0.15, 0.2) is 11.5 Å². The fourth-order valence-corrected chi connectivity index (χ4v) is 2.85. The summed E-state index contributed by atoms with van der Waals surface area (Å²) in [6.07, 6.45) is 0. The molecular formula is C18H16O3. The van der Waals surface area contributed by atoms with Gasteiger partial charge in [0.25, 0.3) is 0 Å². The molecule has 0 radical (unpaired) electrons. The molecule has 0 bridgehead atoms. The van der Waals surface area contributed by atoms with Crippen molar-refractivity contribution in [2.75, 3.05) is 0 Å². The zero-order valence-corrected chi connectivity index (χ0v) is 11.9. The molecule has 3 aromatic rings. The second kappa shape index (κ2) is 4.70. The van der Waals surface area contributed by atoms with Gasteiger partial charge in [-0.25, -0.2) is 0 Å². The molecule has 0 atom stereocenters. The summed E-state index contributed by atoms with van der Waals surface area (Å²) in [5, 5.41) is 30.9. The van der Waals surface area contributed by atoms with Gasteiger partial charge in [0.05, 0.1) is 0 Å². The van der Waals surface area contributed by atoms with Crippen LogP contribution >= 0.6 is 0 Å². The lowest BCUT2D eigenvalue weighted by Crippen LogP contribution is -1.90. The fourth-order valence-electron chi connectivity index (χ4n) is 2.85. The Kier molecular flexibility index (Phi) is 2.98. The van der Waals surface area contributed by atoms with Crippen LogP contribution < -0.4 is 0 Å². The third kappa shape index (κ3) is 2.17. The number of phenols is 3. The summed E-state index contributed by atoms with van der Waals surface area (Å²) in [6.45, 7) is 4.01. The maximum Gasteiger partial charge on any atom is 0.158 e. The molecule has 3 heteroatoms. The quantitative estimate of drug-likeness (QED) is 0.584. The molecule has 3 rings (SSSR count). The summed E-state index contributed by atoms with van der Waals surface area (Å²) in [5.41, 5.74) is 3.95. The van der Waals surface area contributed by atoms with Crippen LogP contribution in [-0.2, 0) is 0 Å². The van der Waals surface area contributed by atoms with Gasteiger partial charge in [0.1, 0.15) is 5.75 Å². The molecule has 0 saturated carbocycles. The molecule has 0 aliphatic heterocycles. The topological polar surface area (TPSA) is 60.7 Å². The zero-order valence-electron chi connectivity index (χ0n) is 11.9. The van der Waals surface area contributed by atoms with Crippen molar-refractivity contribution < 1.29 is 15.3 Å². The Morgan fingerprint density at radius 3 is 2.24 bits per heavy atom. The molecule has 3 aromatic carbocycles. The molecule has 0 amide bonds. The Morgan fingerprint density at radius 2 is 1.52 bits per heavy atom. The van der Waals surface area contributed by atoms with Crippen LogP contribution in [0.15, 0.2) is 42.5 Å². The molecule has 3 N–H and O–H groups in total. The van der Waals surface area contributed by atoms with Crippen LogP contribution in [0, 0.1) is 13.8 Å². The minimum Gasteiger partial charge on any atom is -0.508 e. The van der Waals surface area contributed by atoms with Gasteiger partial charge in [-0.05, 0) is 71.1 Å². The van der Waals surface area contributed by atoms with Gasteiger partial charge < -0.3 is 15.3 Å². The number of rotatable bonds is 1. The standard InChI is InChI=1S/C18H16O3/c1-10-7-12-3-5-14(19)9-15(12)11(2)18(10)13-4-6-16(20)17(21)8-13/h3-9,19-21H,1-2H3. The molecule has 0 saturated heterocycles. The van der Waals surface area contributed by atoms with E-state index < -0.39 is 0 Å². The first-order valence-corrected chi connectivity index (χ1v) is 6.72. The maximum absolute atomic E-state index is 9.71. The lowest BCUT2D eigenvalue weighted by atomic mass is 9.91. The van der Waals surface area contributed by atoms with Crippen molar-refractivity contribution in [3.05, 3.63) is 53.6 Å². The number of benzene rings is 3. The molecule has 0 heterocycles. The van der Waals surface area contributed by atoms with Crippen LogP contribution in [0.2, 0.25) is 0 Å².